The molecule has 19 heavy (non-hydrogen) atoms. The van der Waals surface area contributed by atoms with Crippen LogP contribution in [-0.2, 0) is 13.5 Å². The van der Waals surface area contributed by atoms with Crippen molar-refractivity contribution < 1.29 is 4.74 Å². The van der Waals surface area contributed by atoms with Gasteiger partial charge in [0, 0.05) is 24.7 Å². The van der Waals surface area contributed by atoms with Crippen molar-refractivity contribution in [2.45, 2.75) is 32.7 Å². The average molecular weight is 260 g/mol. The minimum absolute atomic E-state index is 0.563. The Morgan fingerprint density at radius 1 is 1.32 bits per heavy atom. The van der Waals surface area contributed by atoms with Gasteiger partial charge in [0.1, 0.15) is 5.75 Å². The molecule has 1 aromatic carbocycles. The van der Waals surface area contributed by atoms with E-state index in [9.17, 15) is 0 Å². The summed E-state index contributed by atoms with van der Waals surface area (Å²) < 4.78 is 7.61. The van der Waals surface area contributed by atoms with E-state index in [0.29, 0.717) is 6.04 Å². The van der Waals surface area contributed by atoms with Gasteiger partial charge in [-0.15, -0.1) is 0 Å². The Morgan fingerprint density at radius 2 is 2.11 bits per heavy atom. The van der Waals surface area contributed by atoms with Crippen molar-refractivity contribution in [1.29, 1.82) is 0 Å². The zero-order chi connectivity index (χ0) is 13.8. The molecule has 1 heterocycles. The van der Waals surface area contributed by atoms with Crippen LogP contribution in [0.2, 0.25) is 0 Å². The van der Waals surface area contributed by atoms with E-state index in [1.54, 1.807) is 7.11 Å². The van der Waals surface area contributed by atoms with Gasteiger partial charge in [0.25, 0.3) is 0 Å². The molecule has 0 amide bonds. The highest BCUT2D eigenvalue weighted by Gasteiger charge is 2.10. The summed E-state index contributed by atoms with van der Waals surface area (Å²) in [5, 5.41) is 4.77. The second kappa shape index (κ2) is 6.11. The van der Waals surface area contributed by atoms with Gasteiger partial charge in [-0.2, -0.15) is 0 Å². The van der Waals surface area contributed by atoms with Gasteiger partial charge in [-0.25, -0.2) is 0 Å². The van der Waals surface area contributed by atoms with Crippen LogP contribution in [0.5, 0.6) is 5.75 Å². The quantitative estimate of drug-likeness (QED) is 0.808. The number of hydrogen-bond donors (Lipinski definition) is 1. The fourth-order valence-corrected chi connectivity index (χ4v) is 2.55. The van der Waals surface area contributed by atoms with Gasteiger partial charge in [-0.05, 0) is 31.0 Å². The third-order valence-electron chi connectivity index (χ3n) is 3.44. The summed E-state index contributed by atoms with van der Waals surface area (Å²) >= 11 is 0. The zero-order valence-corrected chi connectivity index (χ0v) is 12.4. The van der Waals surface area contributed by atoms with Crippen molar-refractivity contribution in [2.24, 2.45) is 7.05 Å². The molecular weight excluding hydrogens is 236 g/mol. The van der Waals surface area contributed by atoms with Crippen LogP contribution in [0.4, 0.5) is 0 Å². The molecule has 3 nitrogen and oxygen atoms in total. The Balaban J connectivity index is 2.16. The third-order valence-corrected chi connectivity index (χ3v) is 3.44. The van der Waals surface area contributed by atoms with E-state index in [1.807, 2.05) is 6.07 Å². The number of hydrogen-bond acceptors (Lipinski definition) is 2. The summed E-state index contributed by atoms with van der Waals surface area (Å²) in [7, 11) is 3.81. The van der Waals surface area contributed by atoms with Crippen LogP contribution in [0.3, 0.4) is 0 Å². The maximum absolute atomic E-state index is 5.45. The Hall–Kier alpha value is -1.48. The number of nitrogens with zero attached hydrogens (tertiary/aromatic N) is 1. The fourth-order valence-electron chi connectivity index (χ4n) is 2.55. The minimum atomic E-state index is 0.563. The lowest BCUT2D eigenvalue weighted by Crippen LogP contribution is -2.23. The summed E-state index contributed by atoms with van der Waals surface area (Å²) in [6, 6.07) is 6.83. The number of fused-ring (bicyclic) bond motifs is 1. The summed E-state index contributed by atoms with van der Waals surface area (Å²) in [4.78, 5) is 0. The average Bonchev–Trinajstić information content (AvgIpc) is 2.72. The van der Waals surface area contributed by atoms with Gasteiger partial charge >= 0.3 is 0 Å². The molecule has 1 aromatic heterocycles. The summed E-state index contributed by atoms with van der Waals surface area (Å²) in [6.07, 6.45) is 4.49. The molecule has 0 aliphatic rings. The Labute approximate surface area is 115 Å². The predicted octanol–water partition coefficient (Wildman–Crippen LogP) is 3.12. The van der Waals surface area contributed by atoms with E-state index >= 15 is 0 Å². The number of rotatable bonds is 6. The molecule has 0 saturated carbocycles. The van der Waals surface area contributed by atoms with E-state index in [-0.39, 0.29) is 0 Å². The molecule has 0 unspecified atom stereocenters. The van der Waals surface area contributed by atoms with Crippen LogP contribution in [-0.4, -0.2) is 24.3 Å². The summed E-state index contributed by atoms with van der Waals surface area (Å²) in [5.41, 5.74) is 2.60. The molecule has 0 atom stereocenters. The lowest BCUT2D eigenvalue weighted by Gasteiger charge is -2.07. The minimum Gasteiger partial charge on any atom is -0.495 e. The van der Waals surface area contributed by atoms with E-state index in [1.165, 1.54) is 16.5 Å². The first-order valence-electron chi connectivity index (χ1n) is 6.97. The summed E-state index contributed by atoms with van der Waals surface area (Å²) in [5.74, 6) is 0.951. The molecule has 104 valence electrons. The van der Waals surface area contributed by atoms with Crippen LogP contribution in [0.1, 0.15) is 25.8 Å². The highest BCUT2D eigenvalue weighted by atomic mass is 16.5. The van der Waals surface area contributed by atoms with Gasteiger partial charge < -0.3 is 14.6 Å². The van der Waals surface area contributed by atoms with Crippen LogP contribution in [0.25, 0.3) is 10.9 Å². The van der Waals surface area contributed by atoms with Crippen molar-refractivity contribution >= 4 is 10.9 Å². The number of aromatic nitrogens is 1. The van der Waals surface area contributed by atoms with E-state index in [2.05, 4.69) is 49.1 Å². The SMILES string of the molecule is COc1cccc2c(CCCNC(C)C)cn(C)c12. The third kappa shape index (κ3) is 3.10. The van der Waals surface area contributed by atoms with Crippen molar-refractivity contribution in [3.05, 3.63) is 30.0 Å². The van der Waals surface area contributed by atoms with Gasteiger partial charge in [-0.3, -0.25) is 0 Å². The topological polar surface area (TPSA) is 26.2 Å². The molecule has 1 N–H and O–H groups in total. The molecule has 3 heteroatoms. The maximum atomic E-state index is 5.45. The van der Waals surface area contributed by atoms with Gasteiger partial charge in [0.2, 0.25) is 0 Å². The zero-order valence-electron chi connectivity index (χ0n) is 12.4. The number of benzene rings is 1. The van der Waals surface area contributed by atoms with Crippen molar-refractivity contribution in [1.82, 2.24) is 9.88 Å². The van der Waals surface area contributed by atoms with E-state index < -0.39 is 0 Å². The molecule has 0 radical (unpaired) electrons. The molecule has 0 fully saturated rings. The fraction of sp³-hybridized carbons (Fsp3) is 0.500. The normalized spacial score (nSPS) is 11.4. The largest absolute Gasteiger partial charge is 0.495 e. The Bertz CT molecular complexity index is 543. The lowest BCUT2D eigenvalue weighted by molar-refractivity contribution is 0.418. The predicted molar refractivity (Wildman–Crippen MR) is 80.9 cm³/mol. The highest BCUT2D eigenvalue weighted by molar-refractivity contribution is 5.89. The first-order chi connectivity index (χ1) is 9.13. The number of aryl methyl sites for hydroxylation is 2. The monoisotopic (exact) mass is 260 g/mol. The van der Waals surface area contributed by atoms with E-state index in [0.717, 1.165) is 25.1 Å². The standard InChI is InChI=1S/C16H24N2O/c1-12(2)17-10-6-7-13-11-18(3)16-14(13)8-5-9-15(16)19-4/h5,8-9,11-12,17H,6-7,10H2,1-4H3. The lowest BCUT2D eigenvalue weighted by atomic mass is 10.1. The second-order valence-electron chi connectivity index (χ2n) is 5.33. The van der Waals surface area contributed by atoms with Gasteiger partial charge in [0.15, 0.2) is 0 Å². The first kappa shape index (κ1) is 13.9. The van der Waals surface area contributed by atoms with Crippen molar-refractivity contribution in [3.8, 4) is 5.75 Å². The number of para-hydroxylation sites is 1. The Kier molecular flexibility index (Phi) is 4.48. The first-order valence-corrected chi connectivity index (χ1v) is 6.97. The number of ether oxygens (including phenoxy) is 1. The molecule has 0 spiro atoms. The molecular formula is C16H24N2O. The molecule has 0 aliphatic heterocycles. The Morgan fingerprint density at radius 3 is 2.79 bits per heavy atom. The molecule has 2 aromatic rings. The van der Waals surface area contributed by atoms with Crippen LogP contribution < -0.4 is 10.1 Å². The van der Waals surface area contributed by atoms with Gasteiger partial charge in [-0.1, -0.05) is 26.0 Å². The molecule has 0 bridgehead atoms. The summed E-state index contributed by atoms with van der Waals surface area (Å²) in [6.45, 7) is 5.43. The van der Waals surface area contributed by atoms with E-state index in [4.69, 9.17) is 4.74 Å². The molecule has 0 saturated heterocycles. The smallest absolute Gasteiger partial charge is 0.143 e. The highest BCUT2D eigenvalue weighted by Crippen LogP contribution is 2.29. The van der Waals surface area contributed by atoms with Crippen molar-refractivity contribution in [3.63, 3.8) is 0 Å². The van der Waals surface area contributed by atoms with Crippen molar-refractivity contribution in [2.75, 3.05) is 13.7 Å². The van der Waals surface area contributed by atoms with Gasteiger partial charge in [0.05, 0.1) is 12.6 Å². The molecule has 2 rings (SSSR count). The second-order valence-corrected chi connectivity index (χ2v) is 5.33. The van der Waals surface area contributed by atoms with Crippen LogP contribution in [0, 0.1) is 0 Å². The van der Waals surface area contributed by atoms with Crippen LogP contribution in [0.15, 0.2) is 24.4 Å². The maximum Gasteiger partial charge on any atom is 0.143 e. The number of nitrogens with one attached hydrogen (secondary N) is 1. The number of methoxy groups -OCH3 is 1. The molecule has 0 aliphatic carbocycles. The van der Waals surface area contributed by atoms with Crippen LogP contribution >= 0.6 is 0 Å².